The Labute approximate surface area is 82.9 Å². The Morgan fingerprint density at radius 1 is 1.54 bits per heavy atom. The zero-order valence-electron chi connectivity index (χ0n) is 7.57. The Kier molecular flexibility index (Phi) is 2.56. The van der Waals surface area contributed by atoms with Gasteiger partial charge < -0.3 is 5.73 Å². The molecule has 1 aromatic heterocycles. The third-order valence-electron chi connectivity index (χ3n) is 2.56. The number of hydrogen-bond donors (Lipinski definition) is 1. The van der Waals surface area contributed by atoms with E-state index in [2.05, 4.69) is 11.1 Å². The highest BCUT2D eigenvalue weighted by molar-refractivity contribution is 8.00. The summed E-state index contributed by atoms with van der Waals surface area (Å²) < 4.78 is 0.112. The number of aromatic nitrogens is 1. The molecule has 1 saturated heterocycles. The van der Waals surface area contributed by atoms with Crippen molar-refractivity contribution >= 4 is 11.8 Å². The minimum Gasteiger partial charge on any atom is -0.329 e. The van der Waals surface area contributed by atoms with Crippen LogP contribution in [-0.2, 0) is 4.75 Å². The molecule has 0 amide bonds. The van der Waals surface area contributed by atoms with Crippen LogP contribution in [0.25, 0.3) is 0 Å². The lowest BCUT2D eigenvalue weighted by atomic mass is 9.99. The maximum atomic E-state index is 5.84. The minimum absolute atomic E-state index is 0.112. The van der Waals surface area contributed by atoms with E-state index in [9.17, 15) is 0 Å². The monoisotopic (exact) mass is 194 g/mol. The van der Waals surface area contributed by atoms with Gasteiger partial charge in [0, 0.05) is 12.7 Å². The first-order chi connectivity index (χ1) is 6.37. The van der Waals surface area contributed by atoms with Crippen LogP contribution in [0.2, 0.25) is 0 Å². The number of thioether (sulfide) groups is 1. The molecule has 1 aliphatic rings. The number of nitrogens with two attached hydrogens (primary N) is 1. The standard InChI is InChI=1S/C10H14N2S/c11-8-10(5-3-7-13-10)9-4-1-2-6-12-9/h1-2,4,6H,3,5,7-8,11H2. The predicted octanol–water partition coefficient (Wildman–Crippen LogP) is 1.76. The summed E-state index contributed by atoms with van der Waals surface area (Å²) in [6.45, 7) is 0.703. The summed E-state index contributed by atoms with van der Waals surface area (Å²) in [7, 11) is 0. The van der Waals surface area contributed by atoms with E-state index >= 15 is 0 Å². The fraction of sp³-hybridized carbons (Fsp3) is 0.500. The lowest BCUT2D eigenvalue weighted by Gasteiger charge is -2.25. The van der Waals surface area contributed by atoms with E-state index in [4.69, 9.17) is 5.73 Å². The van der Waals surface area contributed by atoms with Crippen molar-refractivity contribution in [1.82, 2.24) is 4.98 Å². The molecule has 1 fully saturated rings. The molecule has 2 N–H and O–H groups in total. The normalized spacial score (nSPS) is 27.8. The SMILES string of the molecule is NCC1(c2ccccn2)CCCS1. The molecule has 0 spiro atoms. The lowest BCUT2D eigenvalue weighted by Crippen LogP contribution is -2.29. The predicted molar refractivity (Wildman–Crippen MR) is 56.7 cm³/mol. The van der Waals surface area contributed by atoms with E-state index in [1.807, 2.05) is 30.1 Å². The Hall–Kier alpha value is -0.540. The minimum atomic E-state index is 0.112. The van der Waals surface area contributed by atoms with Crippen LogP contribution in [0.4, 0.5) is 0 Å². The third kappa shape index (κ3) is 1.58. The summed E-state index contributed by atoms with van der Waals surface area (Å²) in [6, 6.07) is 6.08. The summed E-state index contributed by atoms with van der Waals surface area (Å²) in [6.07, 6.45) is 4.29. The highest BCUT2D eigenvalue weighted by Crippen LogP contribution is 2.44. The first-order valence-electron chi connectivity index (χ1n) is 4.63. The van der Waals surface area contributed by atoms with E-state index in [1.54, 1.807) is 0 Å². The van der Waals surface area contributed by atoms with Crippen LogP contribution < -0.4 is 5.73 Å². The first kappa shape index (κ1) is 9.03. The Bertz CT molecular complexity index is 268. The average molecular weight is 194 g/mol. The topological polar surface area (TPSA) is 38.9 Å². The van der Waals surface area contributed by atoms with Gasteiger partial charge in [0.05, 0.1) is 10.4 Å². The summed E-state index contributed by atoms with van der Waals surface area (Å²) >= 11 is 1.96. The number of pyridine rings is 1. The van der Waals surface area contributed by atoms with Crippen molar-refractivity contribution in [2.45, 2.75) is 17.6 Å². The summed E-state index contributed by atoms with van der Waals surface area (Å²) in [5, 5.41) is 0. The van der Waals surface area contributed by atoms with Gasteiger partial charge in [-0.15, -0.1) is 11.8 Å². The highest BCUT2D eigenvalue weighted by Gasteiger charge is 2.36. The molecule has 70 valence electrons. The zero-order chi connectivity index (χ0) is 9.15. The molecule has 13 heavy (non-hydrogen) atoms. The second-order valence-electron chi connectivity index (χ2n) is 3.37. The Morgan fingerprint density at radius 2 is 2.46 bits per heavy atom. The van der Waals surface area contributed by atoms with E-state index in [1.165, 1.54) is 18.6 Å². The second kappa shape index (κ2) is 3.68. The molecule has 2 nitrogen and oxygen atoms in total. The molecule has 2 heterocycles. The number of rotatable bonds is 2. The molecule has 1 unspecified atom stereocenters. The fourth-order valence-electron chi connectivity index (χ4n) is 1.80. The van der Waals surface area contributed by atoms with Crippen LogP contribution in [-0.4, -0.2) is 17.3 Å². The van der Waals surface area contributed by atoms with Crippen molar-refractivity contribution in [3.05, 3.63) is 30.1 Å². The van der Waals surface area contributed by atoms with Gasteiger partial charge in [-0.25, -0.2) is 0 Å². The number of nitrogens with zero attached hydrogens (tertiary/aromatic N) is 1. The highest BCUT2D eigenvalue weighted by atomic mass is 32.2. The van der Waals surface area contributed by atoms with Crippen LogP contribution in [0.15, 0.2) is 24.4 Å². The largest absolute Gasteiger partial charge is 0.329 e. The van der Waals surface area contributed by atoms with Crippen LogP contribution in [0.3, 0.4) is 0 Å². The maximum Gasteiger partial charge on any atom is 0.0702 e. The Balaban J connectivity index is 2.31. The van der Waals surface area contributed by atoms with Gasteiger partial charge in [-0.3, -0.25) is 4.98 Å². The van der Waals surface area contributed by atoms with E-state index < -0.39 is 0 Å². The molecule has 0 aliphatic carbocycles. The molecule has 0 radical (unpaired) electrons. The smallest absolute Gasteiger partial charge is 0.0702 e. The third-order valence-corrected chi connectivity index (χ3v) is 4.19. The zero-order valence-corrected chi connectivity index (χ0v) is 8.39. The van der Waals surface area contributed by atoms with Crippen molar-refractivity contribution in [3.8, 4) is 0 Å². The van der Waals surface area contributed by atoms with Crippen LogP contribution in [0, 0.1) is 0 Å². The van der Waals surface area contributed by atoms with Crippen LogP contribution in [0.5, 0.6) is 0 Å². The van der Waals surface area contributed by atoms with Crippen molar-refractivity contribution in [1.29, 1.82) is 0 Å². The van der Waals surface area contributed by atoms with E-state index in [0.29, 0.717) is 6.54 Å². The first-order valence-corrected chi connectivity index (χ1v) is 5.61. The second-order valence-corrected chi connectivity index (χ2v) is 4.84. The molecule has 0 bridgehead atoms. The van der Waals surface area contributed by atoms with Gasteiger partial charge in [0.1, 0.15) is 0 Å². The maximum absolute atomic E-state index is 5.84. The van der Waals surface area contributed by atoms with Crippen molar-refractivity contribution in [2.24, 2.45) is 5.73 Å². The molecule has 2 rings (SSSR count). The fourth-order valence-corrected chi connectivity index (χ4v) is 3.15. The molecule has 1 atom stereocenters. The molecule has 0 saturated carbocycles. The Morgan fingerprint density at radius 3 is 3.00 bits per heavy atom. The van der Waals surface area contributed by atoms with Gasteiger partial charge in [-0.05, 0) is 30.7 Å². The van der Waals surface area contributed by atoms with Gasteiger partial charge >= 0.3 is 0 Å². The molecule has 0 aromatic carbocycles. The van der Waals surface area contributed by atoms with Crippen LogP contribution >= 0.6 is 11.8 Å². The lowest BCUT2D eigenvalue weighted by molar-refractivity contribution is 0.583. The number of hydrogen-bond acceptors (Lipinski definition) is 3. The average Bonchev–Trinajstić information content (AvgIpc) is 2.69. The van der Waals surface area contributed by atoms with Gasteiger partial charge in [0.15, 0.2) is 0 Å². The summed E-state index contributed by atoms with van der Waals surface area (Å²) in [5.41, 5.74) is 6.99. The van der Waals surface area contributed by atoms with Crippen molar-refractivity contribution in [3.63, 3.8) is 0 Å². The van der Waals surface area contributed by atoms with Gasteiger partial charge in [-0.1, -0.05) is 6.07 Å². The van der Waals surface area contributed by atoms with Gasteiger partial charge in [-0.2, -0.15) is 0 Å². The molecular formula is C10H14N2S. The van der Waals surface area contributed by atoms with E-state index in [0.717, 1.165) is 5.69 Å². The quantitative estimate of drug-likeness (QED) is 0.779. The molecule has 3 heteroatoms. The molecular weight excluding hydrogens is 180 g/mol. The van der Waals surface area contributed by atoms with Crippen molar-refractivity contribution in [2.75, 3.05) is 12.3 Å². The summed E-state index contributed by atoms with van der Waals surface area (Å²) in [4.78, 5) is 4.40. The summed E-state index contributed by atoms with van der Waals surface area (Å²) in [5.74, 6) is 1.22. The van der Waals surface area contributed by atoms with Gasteiger partial charge in [0.2, 0.25) is 0 Å². The molecule has 1 aliphatic heterocycles. The van der Waals surface area contributed by atoms with E-state index in [-0.39, 0.29) is 4.75 Å². The van der Waals surface area contributed by atoms with Gasteiger partial charge in [0.25, 0.3) is 0 Å². The molecule has 1 aromatic rings. The van der Waals surface area contributed by atoms with Crippen molar-refractivity contribution < 1.29 is 0 Å². The van der Waals surface area contributed by atoms with Crippen LogP contribution in [0.1, 0.15) is 18.5 Å².